The average molecular weight is 411 g/mol. The second-order valence-corrected chi connectivity index (χ2v) is 6.72. The summed E-state index contributed by atoms with van der Waals surface area (Å²) in [5.41, 5.74) is 6.24. The van der Waals surface area contributed by atoms with E-state index < -0.39 is 29.2 Å². The smallest absolute Gasteiger partial charge is 0.382 e. The van der Waals surface area contributed by atoms with E-state index in [-0.39, 0.29) is 28.8 Å². The van der Waals surface area contributed by atoms with E-state index in [0.29, 0.717) is 5.56 Å². The Bertz CT molecular complexity index is 962. The number of nitrogens with one attached hydrogen (secondary N) is 1. The lowest BCUT2D eigenvalue weighted by Crippen LogP contribution is -2.52. The SMILES string of the molecule is Cc1ccc(C(O)(C(N)=O)C(F)(F)F)cc1-c1cnc(N)c(C(=O)NC(C)C)n1. The molecule has 0 spiro atoms. The zero-order valence-corrected chi connectivity index (χ0v) is 15.8. The maximum Gasteiger partial charge on any atom is 0.430 e. The van der Waals surface area contributed by atoms with E-state index in [2.05, 4.69) is 15.3 Å². The summed E-state index contributed by atoms with van der Waals surface area (Å²) in [5.74, 6) is -2.74. The molecule has 0 bridgehead atoms. The molecule has 0 radical (unpaired) electrons. The molecule has 0 aliphatic rings. The number of nitrogens with two attached hydrogens (primary N) is 2. The van der Waals surface area contributed by atoms with Crippen LogP contribution in [-0.4, -0.2) is 39.1 Å². The van der Waals surface area contributed by atoms with Crippen molar-refractivity contribution in [2.75, 3.05) is 5.73 Å². The Morgan fingerprint density at radius 3 is 2.38 bits per heavy atom. The first kappa shape index (κ1) is 22.1. The summed E-state index contributed by atoms with van der Waals surface area (Å²) < 4.78 is 40.1. The van der Waals surface area contributed by atoms with Crippen molar-refractivity contribution in [3.05, 3.63) is 41.2 Å². The standard InChI is InChI=1S/C18H20F3N5O3/c1-8(2)25-15(27)13-14(22)24-7-12(26-13)11-6-10(5-4-9(11)3)17(29,16(23)28)18(19,20)21/h4-8,29H,1-3H3,(H2,22,24)(H2,23,28)(H,25,27). The predicted molar refractivity (Wildman–Crippen MR) is 98.4 cm³/mol. The quantitative estimate of drug-likeness (QED) is 0.586. The van der Waals surface area contributed by atoms with Gasteiger partial charge in [0.05, 0.1) is 11.9 Å². The van der Waals surface area contributed by atoms with E-state index in [1.165, 1.54) is 12.3 Å². The number of hydrogen-bond acceptors (Lipinski definition) is 6. The van der Waals surface area contributed by atoms with Crippen LogP contribution in [0.4, 0.5) is 19.0 Å². The van der Waals surface area contributed by atoms with Gasteiger partial charge in [0.25, 0.3) is 17.4 Å². The van der Waals surface area contributed by atoms with Crippen LogP contribution in [0, 0.1) is 6.92 Å². The van der Waals surface area contributed by atoms with Gasteiger partial charge in [-0.05, 0) is 32.4 Å². The summed E-state index contributed by atoms with van der Waals surface area (Å²) in [6.45, 7) is 5.02. The molecule has 0 saturated carbocycles. The predicted octanol–water partition coefficient (Wildman–Crippen LogP) is 1.41. The van der Waals surface area contributed by atoms with E-state index >= 15 is 0 Å². The molecule has 1 unspecified atom stereocenters. The lowest BCUT2D eigenvalue weighted by molar-refractivity contribution is -0.255. The highest BCUT2D eigenvalue weighted by Gasteiger charge is 2.60. The Kier molecular flexibility index (Phi) is 5.84. The zero-order valence-electron chi connectivity index (χ0n) is 15.8. The number of nitrogens with zero attached hydrogens (tertiary/aromatic N) is 2. The second kappa shape index (κ2) is 7.66. The molecule has 156 valence electrons. The fraction of sp³-hybridized carbons (Fsp3) is 0.333. The van der Waals surface area contributed by atoms with Crippen LogP contribution in [0.25, 0.3) is 11.3 Å². The van der Waals surface area contributed by atoms with Gasteiger partial charge in [-0.25, -0.2) is 9.97 Å². The molecule has 1 aromatic heterocycles. The monoisotopic (exact) mass is 411 g/mol. The van der Waals surface area contributed by atoms with E-state index in [9.17, 15) is 27.9 Å². The van der Waals surface area contributed by atoms with Crippen molar-refractivity contribution in [1.82, 2.24) is 15.3 Å². The molecular formula is C18H20F3N5O3. The molecule has 0 aliphatic heterocycles. The van der Waals surface area contributed by atoms with Crippen molar-refractivity contribution in [1.29, 1.82) is 0 Å². The molecule has 1 aromatic carbocycles. The highest BCUT2D eigenvalue weighted by atomic mass is 19.4. The van der Waals surface area contributed by atoms with Crippen molar-refractivity contribution >= 4 is 17.6 Å². The number of nitrogen functional groups attached to an aromatic ring is 1. The number of primary amides is 1. The van der Waals surface area contributed by atoms with Gasteiger partial charge in [-0.2, -0.15) is 13.2 Å². The Morgan fingerprint density at radius 2 is 1.86 bits per heavy atom. The maximum atomic E-state index is 13.4. The highest BCUT2D eigenvalue weighted by Crippen LogP contribution is 2.40. The average Bonchev–Trinajstić information content (AvgIpc) is 2.60. The molecule has 0 fully saturated rings. The normalized spacial score (nSPS) is 13.8. The summed E-state index contributed by atoms with van der Waals surface area (Å²) in [4.78, 5) is 31.7. The lowest BCUT2D eigenvalue weighted by Gasteiger charge is -2.28. The number of benzene rings is 1. The fourth-order valence-electron chi connectivity index (χ4n) is 2.59. The molecule has 2 rings (SSSR count). The highest BCUT2D eigenvalue weighted by molar-refractivity contribution is 5.97. The number of aliphatic hydroxyl groups is 1. The minimum absolute atomic E-state index is 0.0291. The number of hydrogen-bond donors (Lipinski definition) is 4. The minimum atomic E-state index is -5.35. The van der Waals surface area contributed by atoms with Gasteiger partial charge in [0.2, 0.25) is 0 Å². The van der Waals surface area contributed by atoms with E-state index in [1.807, 2.05) is 0 Å². The number of alkyl halides is 3. The Hall–Kier alpha value is -3.21. The summed E-state index contributed by atoms with van der Waals surface area (Å²) in [5, 5.41) is 12.6. The van der Waals surface area contributed by atoms with Crippen LogP contribution < -0.4 is 16.8 Å². The van der Waals surface area contributed by atoms with Gasteiger partial charge in [0, 0.05) is 17.2 Å². The van der Waals surface area contributed by atoms with Crippen molar-refractivity contribution in [2.45, 2.75) is 38.6 Å². The molecular weight excluding hydrogens is 391 g/mol. The molecule has 8 nitrogen and oxygen atoms in total. The molecule has 1 heterocycles. The number of carbonyl (C=O) groups is 2. The van der Waals surface area contributed by atoms with Gasteiger partial charge in [-0.15, -0.1) is 0 Å². The van der Waals surface area contributed by atoms with Crippen LogP contribution in [0.2, 0.25) is 0 Å². The number of amides is 2. The van der Waals surface area contributed by atoms with Crippen LogP contribution in [0.3, 0.4) is 0 Å². The first-order valence-electron chi connectivity index (χ1n) is 8.43. The summed E-state index contributed by atoms with van der Waals surface area (Å²) in [6, 6.07) is 2.91. The topological polar surface area (TPSA) is 144 Å². The molecule has 0 aliphatic carbocycles. The van der Waals surface area contributed by atoms with Crippen LogP contribution >= 0.6 is 0 Å². The van der Waals surface area contributed by atoms with Gasteiger partial charge >= 0.3 is 6.18 Å². The Labute approximate surface area is 164 Å². The largest absolute Gasteiger partial charge is 0.430 e. The molecule has 1 atom stereocenters. The van der Waals surface area contributed by atoms with Gasteiger partial charge < -0.3 is 21.9 Å². The first-order chi connectivity index (χ1) is 13.3. The minimum Gasteiger partial charge on any atom is -0.382 e. The number of aryl methyl sites for hydroxylation is 1. The van der Waals surface area contributed by atoms with Crippen molar-refractivity contribution in [2.24, 2.45) is 5.73 Å². The number of halogens is 3. The van der Waals surface area contributed by atoms with Gasteiger partial charge in [0.1, 0.15) is 0 Å². The third-order valence-corrected chi connectivity index (χ3v) is 4.13. The van der Waals surface area contributed by atoms with Crippen LogP contribution in [0.1, 0.15) is 35.5 Å². The number of carbonyl (C=O) groups excluding carboxylic acids is 2. The third-order valence-electron chi connectivity index (χ3n) is 4.13. The first-order valence-corrected chi connectivity index (χ1v) is 8.43. The van der Waals surface area contributed by atoms with Crippen molar-refractivity contribution in [3.8, 4) is 11.3 Å². The lowest BCUT2D eigenvalue weighted by atomic mass is 9.89. The van der Waals surface area contributed by atoms with Gasteiger partial charge in [-0.1, -0.05) is 12.1 Å². The van der Waals surface area contributed by atoms with Crippen molar-refractivity contribution in [3.63, 3.8) is 0 Å². The maximum absolute atomic E-state index is 13.4. The van der Waals surface area contributed by atoms with Gasteiger partial charge in [-0.3, -0.25) is 9.59 Å². The molecule has 29 heavy (non-hydrogen) atoms. The molecule has 0 saturated heterocycles. The van der Waals surface area contributed by atoms with Crippen LogP contribution in [-0.2, 0) is 10.4 Å². The number of aromatic nitrogens is 2. The summed E-state index contributed by atoms with van der Waals surface area (Å²) in [6.07, 6.45) is -4.18. The number of anilines is 1. The Balaban J connectivity index is 2.64. The summed E-state index contributed by atoms with van der Waals surface area (Å²) >= 11 is 0. The van der Waals surface area contributed by atoms with Crippen molar-refractivity contribution < 1.29 is 27.9 Å². The fourth-order valence-corrected chi connectivity index (χ4v) is 2.59. The third kappa shape index (κ3) is 4.14. The van der Waals surface area contributed by atoms with E-state index in [4.69, 9.17) is 11.5 Å². The summed E-state index contributed by atoms with van der Waals surface area (Å²) in [7, 11) is 0. The molecule has 11 heteroatoms. The number of rotatable bonds is 5. The Morgan fingerprint density at radius 1 is 1.24 bits per heavy atom. The molecule has 6 N–H and O–H groups in total. The van der Waals surface area contributed by atoms with E-state index in [1.54, 1.807) is 20.8 Å². The van der Waals surface area contributed by atoms with E-state index in [0.717, 1.165) is 12.1 Å². The van der Waals surface area contributed by atoms with Crippen LogP contribution in [0.15, 0.2) is 24.4 Å². The van der Waals surface area contributed by atoms with Gasteiger partial charge in [0.15, 0.2) is 11.5 Å². The molecule has 2 amide bonds. The second-order valence-electron chi connectivity index (χ2n) is 6.72. The zero-order chi connectivity index (χ0) is 22.1. The van der Waals surface area contributed by atoms with Crippen LogP contribution in [0.5, 0.6) is 0 Å². The molecule has 2 aromatic rings.